The lowest BCUT2D eigenvalue weighted by molar-refractivity contribution is -0.136. The third kappa shape index (κ3) is 3.37. The second-order valence-corrected chi connectivity index (χ2v) is 4.85. The van der Waals surface area contributed by atoms with Crippen molar-refractivity contribution in [2.75, 3.05) is 6.61 Å². The van der Waals surface area contributed by atoms with E-state index in [0.717, 1.165) is 0 Å². The molecule has 0 atom stereocenters. The SMILES string of the molecule is O=C(O)Cc1ccc(OCC2CCC2)c(Cl)c1. The molecule has 0 radical (unpaired) electrons. The van der Waals surface area contributed by atoms with Crippen LogP contribution in [-0.4, -0.2) is 17.7 Å². The van der Waals surface area contributed by atoms with Crippen LogP contribution in [0.1, 0.15) is 24.8 Å². The molecule has 1 aromatic rings. The molecule has 1 N–H and O–H groups in total. The van der Waals surface area contributed by atoms with Gasteiger partial charge in [0.1, 0.15) is 5.75 Å². The molecular weight excluding hydrogens is 240 g/mol. The van der Waals surface area contributed by atoms with Gasteiger partial charge in [-0.1, -0.05) is 24.1 Å². The molecule has 4 heteroatoms. The molecule has 3 nitrogen and oxygen atoms in total. The second-order valence-electron chi connectivity index (χ2n) is 4.44. The van der Waals surface area contributed by atoms with Crippen molar-refractivity contribution in [2.24, 2.45) is 5.92 Å². The van der Waals surface area contributed by atoms with Crippen LogP contribution in [0.2, 0.25) is 5.02 Å². The molecule has 0 heterocycles. The van der Waals surface area contributed by atoms with Crippen molar-refractivity contribution in [3.8, 4) is 5.75 Å². The Bertz CT molecular complexity index is 413. The predicted molar refractivity (Wildman–Crippen MR) is 65.6 cm³/mol. The maximum atomic E-state index is 10.6. The minimum absolute atomic E-state index is 0.0113. The summed E-state index contributed by atoms with van der Waals surface area (Å²) in [4.78, 5) is 10.6. The smallest absolute Gasteiger partial charge is 0.307 e. The monoisotopic (exact) mass is 254 g/mol. The Balaban J connectivity index is 1.95. The van der Waals surface area contributed by atoms with Gasteiger partial charge in [0.25, 0.3) is 0 Å². The van der Waals surface area contributed by atoms with Gasteiger partial charge in [0.05, 0.1) is 18.1 Å². The van der Waals surface area contributed by atoms with Gasteiger partial charge in [-0.25, -0.2) is 0 Å². The maximum Gasteiger partial charge on any atom is 0.307 e. The molecule has 92 valence electrons. The number of halogens is 1. The highest BCUT2D eigenvalue weighted by molar-refractivity contribution is 6.32. The van der Waals surface area contributed by atoms with E-state index in [4.69, 9.17) is 21.4 Å². The summed E-state index contributed by atoms with van der Waals surface area (Å²) in [6, 6.07) is 5.15. The number of carboxylic acid groups (broad SMARTS) is 1. The van der Waals surface area contributed by atoms with Crippen molar-refractivity contribution in [2.45, 2.75) is 25.7 Å². The number of hydrogen-bond donors (Lipinski definition) is 1. The van der Waals surface area contributed by atoms with Crippen LogP contribution >= 0.6 is 11.6 Å². The first-order valence-electron chi connectivity index (χ1n) is 5.78. The van der Waals surface area contributed by atoms with Gasteiger partial charge in [-0.15, -0.1) is 0 Å². The Morgan fingerprint density at radius 3 is 2.76 bits per heavy atom. The van der Waals surface area contributed by atoms with Crippen LogP contribution in [0.3, 0.4) is 0 Å². The van der Waals surface area contributed by atoms with E-state index in [0.29, 0.717) is 28.9 Å². The first kappa shape index (κ1) is 12.2. The van der Waals surface area contributed by atoms with Gasteiger partial charge in [-0.3, -0.25) is 4.79 Å². The summed E-state index contributed by atoms with van der Waals surface area (Å²) >= 11 is 6.04. The molecule has 0 aromatic heterocycles. The number of carboxylic acids is 1. The van der Waals surface area contributed by atoms with Crippen molar-refractivity contribution in [3.63, 3.8) is 0 Å². The maximum absolute atomic E-state index is 10.6. The van der Waals surface area contributed by atoms with Crippen molar-refractivity contribution < 1.29 is 14.6 Å². The molecule has 0 saturated heterocycles. The Hall–Kier alpha value is -1.22. The van der Waals surface area contributed by atoms with Crippen LogP contribution in [0.4, 0.5) is 0 Å². The molecule has 1 aliphatic rings. The van der Waals surface area contributed by atoms with Gasteiger partial charge in [0.2, 0.25) is 0 Å². The van der Waals surface area contributed by atoms with Gasteiger partial charge in [-0.05, 0) is 36.5 Å². The average Bonchev–Trinajstić information content (AvgIpc) is 2.17. The molecule has 0 bridgehead atoms. The Labute approximate surface area is 105 Å². The highest BCUT2D eigenvalue weighted by Crippen LogP contribution is 2.30. The lowest BCUT2D eigenvalue weighted by atomic mass is 9.86. The summed E-state index contributed by atoms with van der Waals surface area (Å²) < 4.78 is 5.62. The fraction of sp³-hybridized carbons (Fsp3) is 0.462. The average molecular weight is 255 g/mol. The number of carbonyl (C=O) groups is 1. The quantitative estimate of drug-likeness (QED) is 0.878. The fourth-order valence-corrected chi connectivity index (χ4v) is 2.07. The van der Waals surface area contributed by atoms with Crippen LogP contribution in [-0.2, 0) is 11.2 Å². The number of hydrogen-bond acceptors (Lipinski definition) is 2. The summed E-state index contributed by atoms with van der Waals surface area (Å²) in [6.45, 7) is 0.706. The van der Waals surface area contributed by atoms with E-state index < -0.39 is 5.97 Å². The van der Waals surface area contributed by atoms with Crippen LogP contribution in [0.25, 0.3) is 0 Å². The molecular formula is C13H15ClO3. The highest BCUT2D eigenvalue weighted by Gasteiger charge is 2.18. The molecule has 0 unspecified atom stereocenters. The third-order valence-corrected chi connectivity index (χ3v) is 3.35. The van der Waals surface area contributed by atoms with Crippen molar-refractivity contribution in [1.29, 1.82) is 0 Å². The van der Waals surface area contributed by atoms with Gasteiger partial charge < -0.3 is 9.84 Å². The zero-order chi connectivity index (χ0) is 12.3. The topological polar surface area (TPSA) is 46.5 Å². The van der Waals surface area contributed by atoms with Crippen molar-refractivity contribution in [1.82, 2.24) is 0 Å². The summed E-state index contributed by atoms with van der Waals surface area (Å²) in [6.07, 6.45) is 3.74. The Morgan fingerprint density at radius 2 is 2.24 bits per heavy atom. The summed E-state index contributed by atoms with van der Waals surface area (Å²) in [5, 5.41) is 9.16. The van der Waals surface area contributed by atoms with E-state index in [1.54, 1.807) is 18.2 Å². The number of benzene rings is 1. The van der Waals surface area contributed by atoms with Crippen molar-refractivity contribution >= 4 is 17.6 Å². The minimum Gasteiger partial charge on any atom is -0.492 e. The molecule has 1 aromatic carbocycles. The Morgan fingerprint density at radius 1 is 1.47 bits per heavy atom. The number of ether oxygens (including phenoxy) is 1. The van der Waals surface area contributed by atoms with Gasteiger partial charge in [-0.2, -0.15) is 0 Å². The minimum atomic E-state index is -0.857. The molecule has 0 spiro atoms. The zero-order valence-electron chi connectivity index (χ0n) is 9.49. The lowest BCUT2D eigenvalue weighted by Crippen LogP contribution is -2.19. The van der Waals surface area contributed by atoms with Gasteiger partial charge in [0.15, 0.2) is 0 Å². The molecule has 0 amide bonds. The fourth-order valence-electron chi connectivity index (χ4n) is 1.81. The second kappa shape index (κ2) is 5.41. The first-order valence-corrected chi connectivity index (χ1v) is 6.16. The highest BCUT2D eigenvalue weighted by atomic mass is 35.5. The standard InChI is InChI=1S/C13H15ClO3/c14-11-6-10(7-13(15)16)4-5-12(11)17-8-9-2-1-3-9/h4-6,9H,1-3,7-8H2,(H,15,16). The normalized spacial score (nSPS) is 15.4. The van der Waals surface area contributed by atoms with E-state index in [2.05, 4.69) is 0 Å². The molecule has 1 saturated carbocycles. The lowest BCUT2D eigenvalue weighted by Gasteiger charge is -2.25. The molecule has 1 fully saturated rings. The Kier molecular flexibility index (Phi) is 3.89. The van der Waals surface area contributed by atoms with Crippen LogP contribution in [0, 0.1) is 5.92 Å². The van der Waals surface area contributed by atoms with E-state index in [1.165, 1.54) is 19.3 Å². The zero-order valence-corrected chi connectivity index (χ0v) is 10.2. The van der Waals surface area contributed by atoms with Crippen molar-refractivity contribution in [3.05, 3.63) is 28.8 Å². The molecule has 17 heavy (non-hydrogen) atoms. The first-order chi connectivity index (χ1) is 8.15. The summed E-state index contributed by atoms with van der Waals surface area (Å²) in [5.41, 5.74) is 0.693. The van der Waals surface area contributed by atoms with E-state index >= 15 is 0 Å². The predicted octanol–water partition coefficient (Wildman–Crippen LogP) is 3.15. The van der Waals surface area contributed by atoms with Crippen LogP contribution in [0.5, 0.6) is 5.75 Å². The largest absolute Gasteiger partial charge is 0.492 e. The molecule has 2 rings (SSSR count). The molecule has 0 aliphatic heterocycles. The summed E-state index contributed by atoms with van der Waals surface area (Å²) in [7, 11) is 0. The van der Waals surface area contributed by atoms with Gasteiger partial charge in [0, 0.05) is 0 Å². The van der Waals surface area contributed by atoms with E-state index in [1.807, 2.05) is 0 Å². The van der Waals surface area contributed by atoms with E-state index in [-0.39, 0.29) is 6.42 Å². The number of rotatable bonds is 5. The van der Waals surface area contributed by atoms with Gasteiger partial charge >= 0.3 is 5.97 Å². The van der Waals surface area contributed by atoms with E-state index in [9.17, 15) is 4.79 Å². The third-order valence-electron chi connectivity index (χ3n) is 3.05. The van der Waals surface area contributed by atoms with Crippen LogP contribution < -0.4 is 4.74 Å². The summed E-state index contributed by atoms with van der Waals surface area (Å²) in [5.74, 6) is 0.446. The molecule has 1 aliphatic carbocycles. The van der Waals surface area contributed by atoms with Crippen LogP contribution in [0.15, 0.2) is 18.2 Å². The number of aliphatic carboxylic acids is 1.